The van der Waals surface area contributed by atoms with E-state index < -0.39 is 23.2 Å². The molecule has 0 unspecified atom stereocenters. The van der Waals surface area contributed by atoms with Gasteiger partial charge >= 0.3 is 11.7 Å². The maximum Gasteiger partial charge on any atom is 0.332 e. The Morgan fingerprint density at radius 1 is 1.13 bits per heavy atom. The number of urea groups is 1. The monoisotopic (exact) mass is 443 g/mol. The average molecular weight is 443 g/mol. The van der Waals surface area contributed by atoms with Gasteiger partial charge in [0, 0.05) is 31.3 Å². The van der Waals surface area contributed by atoms with Crippen LogP contribution in [0.1, 0.15) is 16.1 Å². The molecule has 0 saturated carbocycles. The molecule has 3 rings (SSSR count). The predicted octanol–water partition coefficient (Wildman–Crippen LogP) is -0.0744. The Balaban J connectivity index is 1.70. The largest absolute Gasteiger partial charge is 0.384 e. The van der Waals surface area contributed by atoms with Crippen molar-refractivity contribution in [3.63, 3.8) is 0 Å². The number of nitrogens with one attached hydrogen (secondary N) is 3. The van der Waals surface area contributed by atoms with Gasteiger partial charge in [0.2, 0.25) is 0 Å². The van der Waals surface area contributed by atoms with Crippen LogP contribution in [0.3, 0.4) is 0 Å². The highest BCUT2D eigenvalue weighted by molar-refractivity contribution is 7.10. The number of rotatable bonds is 5. The first kappa shape index (κ1) is 21.4. The van der Waals surface area contributed by atoms with Crippen molar-refractivity contribution in [1.29, 1.82) is 0 Å². The summed E-state index contributed by atoms with van der Waals surface area (Å²) >= 11 is 0.800. The van der Waals surface area contributed by atoms with E-state index in [0.717, 1.165) is 26.9 Å². The lowest BCUT2D eigenvalue weighted by Crippen LogP contribution is -2.40. The van der Waals surface area contributed by atoms with E-state index in [9.17, 15) is 19.2 Å². The number of carbonyl (C=O) groups is 2. The van der Waals surface area contributed by atoms with Gasteiger partial charge in [-0.1, -0.05) is 22.7 Å². The third-order valence-electron chi connectivity index (χ3n) is 4.07. The Bertz CT molecular complexity index is 1280. The van der Waals surface area contributed by atoms with Gasteiger partial charge in [0.1, 0.15) is 11.4 Å². The molecular formula is C17H17N9O4S. The molecular weight excluding hydrogens is 426 g/mol. The van der Waals surface area contributed by atoms with Crippen LogP contribution in [0.4, 0.5) is 21.3 Å². The van der Waals surface area contributed by atoms with E-state index in [2.05, 4.69) is 30.7 Å². The molecule has 160 valence electrons. The normalized spacial score (nSPS) is 10.8. The van der Waals surface area contributed by atoms with Crippen LogP contribution in [0.25, 0.3) is 0 Å². The molecule has 2 heterocycles. The predicted molar refractivity (Wildman–Crippen MR) is 115 cm³/mol. The molecule has 0 bridgehead atoms. The lowest BCUT2D eigenvalue weighted by atomic mass is 10.3. The number of nitrogens with zero attached hydrogens (tertiary/aromatic N) is 5. The van der Waals surface area contributed by atoms with Crippen LogP contribution in [0.15, 0.2) is 45.0 Å². The lowest BCUT2D eigenvalue weighted by Gasteiger charge is -2.08. The molecule has 0 atom stereocenters. The Morgan fingerprint density at radius 2 is 1.84 bits per heavy atom. The van der Waals surface area contributed by atoms with E-state index in [1.807, 2.05) is 0 Å². The first-order valence-electron chi connectivity index (χ1n) is 8.64. The summed E-state index contributed by atoms with van der Waals surface area (Å²) in [5.41, 5.74) is 6.99. The van der Waals surface area contributed by atoms with Gasteiger partial charge < -0.3 is 11.1 Å². The van der Waals surface area contributed by atoms with Crippen molar-refractivity contribution in [3.05, 3.63) is 62.4 Å². The highest BCUT2D eigenvalue weighted by Gasteiger charge is 2.18. The van der Waals surface area contributed by atoms with Crippen molar-refractivity contribution in [1.82, 2.24) is 24.1 Å². The smallest absolute Gasteiger partial charge is 0.332 e. The second-order valence-electron chi connectivity index (χ2n) is 6.10. The van der Waals surface area contributed by atoms with E-state index in [4.69, 9.17) is 5.73 Å². The van der Waals surface area contributed by atoms with Crippen molar-refractivity contribution < 1.29 is 9.59 Å². The van der Waals surface area contributed by atoms with Crippen LogP contribution in [-0.2, 0) is 14.1 Å². The molecule has 0 spiro atoms. The number of carbonyl (C=O) groups excluding carboxylic acids is 2. The zero-order valence-electron chi connectivity index (χ0n) is 16.3. The summed E-state index contributed by atoms with van der Waals surface area (Å²) in [7, 11) is 2.69. The molecule has 3 amide bonds. The van der Waals surface area contributed by atoms with Crippen LogP contribution in [0.2, 0.25) is 0 Å². The highest BCUT2D eigenvalue weighted by atomic mass is 32.1. The molecule has 0 aliphatic heterocycles. The zero-order chi connectivity index (χ0) is 22.5. The van der Waals surface area contributed by atoms with Gasteiger partial charge in [-0.15, -0.1) is 5.10 Å². The number of aromatic nitrogens is 4. The van der Waals surface area contributed by atoms with Gasteiger partial charge in [-0.05, 0) is 12.1 Å². The number of amides is 3. The van der Waals surface area contributed by atoms with Gasteiger partial charge in [-0.25, -0.2) is 15.0 Å². The maximum absolute atomic E-state index is 12.4. The standard InChI is InChI=1S/C17H17N9O4S/c1-25-12(18)10(15(28)26(2)17(25)30)8-19-23-13(27)11-14(31-24-22-11)21-16(29)20-9-6-4-3-5-7-9/h3-8H,18H2,1-2H3,(H,23,27)(H2,20,21,29). The topological polar surface area (TPSA) is 178 Å². The number of nitrogen functional groups attached to an aromatic ring is 1. The van der Waals surface area contributed by atoms with Gasteiger partial charge in [0.25, 0.3) is 11.5 Å². The van der Waals surface area contributed by atoms with Crippen LogP contribution >= 0.6 is 11.5 Å². The van der Waals surface area contributed by atoms with Crippen LogP contribution in [-0.4, -0.2) is 36.9 Å². The SMILES string of the molecule is Cn1c(N)c(C=NNC(=O)c2nnsc2NC(=O)Nc2ccccc2)c(=O)n(C)c1=O. The van der Waals surface area contributed by atoms with Crippen molar-refractivity contribution >= 4 is 46.2 Å². The number of hydrazone groups is 1. The van der Waals surface area contributed by atoms with Crippen LogP contribution in [0, 0.1) is 0 Å². The van der Waals surface area contributed by atoms with Crippen molar-refractivity contribution in [2.75, 3.05) is 16.4 Å². The third kappa shape index (κ3) is 4.64. The van der Waals surface area contributed by atoms with Crippen molar-refractivity contribution in [3.8, 4) is 0 Å². The molecule has 2 aromatic heterocycles. The summed E-state index contributed by atoms with van der Waals surface area (Å²) < 4.78 is 5.59. The Hall–Kier alpha value is -4.33. The average Bonchev–Trinajstić information content (AvgIpc) is 3.22. The summed E-state index contributed by atoms with van der Waals surface area (Å²) in [5.74, 6) is -0.887. The fourth-order valence-corrected chi connectivity index (χ4v) is 2.99. The molecule has 0 aliphatic rings. The molecule has 1 aromatic carbocycles. The third-order valence-corrected chi connectivity index (χ3v) is 4.71. The van der Waals surface area contributed by atoms with Gasteiger partial charge in [-0.2, -0.15) is 5.10 Å². The number of anilines is 3. The fourth-order valence-electron chi connectivity index (χ4n) is 2.42. The molecule has 31 heavy (non-hydrogen) atoms. The molecule has 5 N–H and O–H groups in total. The Kier molecular flexibility index (Phi) is 6.21. The second kappa shape index (κ2) is 9.00. The minimum absolute atomic E-state index is 0.0816. The van der Waals surface area contributed by atoms with E-state index in [-0.39, 0.29) is 22.1 Å². The summed E-state index contributed by atoms with van der Waals surface area (Å²) in [6.45, 7) is 0. The van der Waals surface area contributed by atoms with E-state index in [1.165, 1.54) is 14.1 Å². The number of hydrogen-bond acceptors (Lipinski definition) is 9. The maximum atomic E-state index is 12.4. The minimum Gasteiger partial charge on any atom is -0.384 e. The Morgan fingerprint density at radius 3 is 2.55 bits per heavy atom. The molecule has 0 radical (unpaired) electrons. The molecule has 0 aliphatic carbocycles. The molecule has 0 saturated heterocycles. The molecule has 0 fully saturated rings. The van der Waals surface area contributed by atoms with Crippen molar-refractivity contribution in [2.24, 2.45) is 19.2 Å². The van der Waals surface area contributed by atoms with Crippen LogP contribution in [0.5, 0.6) is 0 Å². The van der Waals surface area contributed by atoms with Gasteiger partial charge in [0.15, 0.2) is 10.7 Å². The number of nitrogens with two attached hydrogens (primary N) is 1. The van der Waals surface area contributed by atoms with E-state index in [0.29, 0.717) is 5.69 Å². The summed E-state index contributed by atoms with van der Waals surface area (Å²) in [4.78, 5) is 48.5. The summed E-state index contributed by atoms with van der Waals surface area (Å²) in [6, 6.07) is 8.12. The highest BCUT2D eigenvalue weighted by Crippen LogP contribution is 2.18. The van der Waals surface area contributed by atoms with Gasteiger partial charge in [-0.3, -0.25) is 24.0 Å². The minimum atomic E-state index is -0.778. The van der Waals surface area contributed by atoms with E-state index in [1.54, 1.807) is 30.3 Å². The molecule has 13 nitrogen and oxygen atoms in total. The molecule has 14 heteroatoms. The second-order valence-corrected chi connectivity index (χ2v) is 6.85. The fraction of sp³-hybridized carbons (Fsp3) is 0.118. The number of benzene rings is 1. The zero-order valence-corrected chi connectivity index (χ0v) is 17.1. The number of para-hydroxylation sites is 1. The summed E-state index contributed by atoms with van der Waals surface area (Å²) in [5, 5.41) is 12.6. The first-order valence-corrected chi connectivity index (χ1v) is 9.41. The summed E-state index contributed by atoms with van der Waals surface area (Å²) in [6.07, 6.45) is 1.02. The van der Waals surface area contributed by atoms with Crippen molar-refractivity contribution in [2.45, 2.75) is 0 Å². The number of hydrogen-bond donors (Lipinski definition) is 4. The first-order chi connectivity index (χ1) is 14.8. The van der Waals surface area contributed by atoms with Crippen LogP contribution < -0.4 is 33.0 Å². The quantitative estimate of drug-likeness (QED) is 0.315. The molecule has 3 aromatic rings. The van der Waals surface area contributed by atoms with E-state index >= 15 is 0 Å². The van der Waals surface area contributed by atoms with Gasteiger partial charge in [0.05, 0.1) is 6.21 Å². The Labute approximate surface area is 178 Å². The lowest BCUT2D eigenvalue weighted by molar-refractivity contribution is 0.0951.